The first-order valence-electron chi connectivity index (χ1n) is 9.15. The van der Waals surface area contributed by atoms with E-state index in [9.17, 15) is 4.79 Å². The van der Waals surface area contributed by atoms with Crippen LogP contribution in [0.4, 0.5) is 5.82 Å². The Morgan fingerprint density at radius 2 is 2.15 bits per heavy atom. The van der Waals surface area contributed by atoms with E-state index in [1.165, 1.54) is 7.11 Å². The third kappa shape index (κ3) is 5.29. The van der Waals surface area contributed by atoms with Crippen LogP contribution in [0.15, 0.2) is 47.6 Å². The second-order valence-electron chi connectivity index (χ2n) is 6.75. The van der Waals surface area contributed by atoms with Crippen LogP contribution in [0.2, 0.25) is 0 Å². The van der Waals surface area contributed by atoms with E-state index in [2.05, 4.69) is 16.4 Å². The highest BCUT2D eigenvalue weighted by atomic mass is 16.5. The molecule has 1 aliphatic heterocycles. The lowest BCUT2D eigenvalue weighted by Crippen LogP contribution is -2.21. The average Bonchev–Trinajstić information content (AvgIpc) is 3.02. The number of fused-ring (bicyclic) bond motifs is 1. The lowest BCUT2D eigenvalue weighted by molar-refractivity contribution is -0.140. The molecule has 6 heteroatoms. The topological polar surface area (TPSA) is 72.8 Å². The van der Waals surface area contributed by atoms with Gasteiger partial charge in [-0.25, -0.2) is 4.98 Å². The average molecular weight is 367 g/mol. The van der Waals surface area contributed by atoms with Gasteiger partial charge in [-0.1, -0.05) is 6.07 Å². The highest BCUT2D eigenvalue weighted by Crippen LogP contribution is 2.21. The van der Waals surface area contributed by atoms with E-state index >= 15 is 0 Å². The molecule has 1 aliphatic rings. The first kappa shape index (κ1) is 18.9. The third-order valence-electron chi connectivity index (χ3n) is 4.47. The number of carbonyl (C=O) groups excluding carboxylic acids is 1. The molecule has 0 saturated heterocycles. The summed E-state index contributed by atoms with van der Waals surface area (Å²) in [6, 6.07) is 11.7. The van der Waals surface area contributed by atoms with Gasteiger partial charge in [-0.2, -0.15) is 0 Å². The van der Waals surface area contributed by atoms with Crippen molar-refractivity contribution in [2.75, 3.05) is 25.6 Å². The van der Waals surface area contributed by atoms with Crippen LogP contribution in [0.5, 0.6) is 5.75 Å². The number of esters is 1. The summed E-state index contributed by atoms with van der Waals surface area (Å²) in [7, 11) is 1.41. The summed E-state index contributed by atoms with van der Waals surface area (Å²) in [6.07, 6.45) is 5.72. The predicted octanol–water partition coefficient (Wildman–Crippen LogP) is 2.09. The summed E-state index contributed by atoms with van der Waals surface area (Å²) in [6.45, 7) is 3.45. The number of ether oxygens (including phenoxy) is 2. The summed E-state index contributed by atoms with van der Waals surface area (Å²) >= 11 is 0. The number of nitrogens with one attached hydrogen (secondary N) is 1. The second-order valence-corrected chi connectivity index (χ2v) is 6.75. The molecule has 1 N–H and O–H groups in total. The maximum Gasteiger partial charge on any atom is 0.305 e. The van der Waals surface area contributed by atoms with Gasteiger partial charge in [-0.05, 0) is 56.2 Å². The highest BCUT2D eigenvalue weighted by molar-refractivity contribution is 5.69. The Balaban J connectivity index is 1.51. The molecular formula is C21H25N3O3. The molecule has 2 aromatic rings. The molecule has 1 aromatic carbocycles. The highest BCUT2D eigenvalue weighted by Gasteiger charge is 2.24. The van der Waals surface area contributed by atoms with Crippen molar-refractivity contribution in [1.29, 1.82) is 0 Å². The van der Waals surface area contributed by atoms with Crippen molar-refractivity contribution in [2.24, 2.45) is 4.99 Å². The van der Waals surface area contributed by atoms with Crippen molar-refractivity contribution in [2.45, 2.75) is 31.7 Å². The SMILES string of the molecule is COC(=O)CCC1(C)C=c2cc(OCCCNc3ccccn3)ccc2=N1. The van der Waals surface area contributed by atoms with Gasteiger partial charge in [-0.3, -0.25) is 9.79 Å². The molecule has 6 nitrogen and oxygen atoms in total. The maximum absolute atomic E-state index is 11.4. The van der Waals surface area contributed by atoms with Crippen LogP contribution in [0.25, 0.3) is 6.08 Å². The van der Waals surface area contributed by atoms with Crippen molar-refractivity contribution in [3.63, 3.8) is 0 Å². The summed E-state index contributed by atoms with van der Waals surface area (Å²) in [5, 5.41) is 5.25. The Morgan fingerprint density at radius 3 is 2.93 bits per heavy atom. The van der Waals surface area contributed by atoms with Crippen LogP contribution >= 0.6 is 0 Å². The number of pyridine rings is 1. The molecule has 0 aliphatic carbocycles. The first-order valence-corrected chi connectivity index (χ1v) is 9.15. The fraction of sp³-hybridized carbons (Fsp3) is 0.381. The van der Waals surface area contributed by atoms with Gasteiger partial charge in [0.05, 0.1) is 24.6 Å². The Morgan fingerprint density at radius 1 is 1.26 bits per heavy atom. The van der Waals surface area contributed by atoms with Crippen LogP contribution < -0.4 is 20.6 Å². The van der Waals surface area contributed by atoms with E-state index in [1.54, 1.807) is 6.20 Å². The maximum atomic E-state index is 11.4. The van der Waals surface area contributed by atoms with Gasteiger partial charge in [0.2, 0.25) is 0 Å². The van der Waals surface area contributed by atoms with Crippen molar-refractivity contribution < 1.29 is 14.3 Å². The number of anilines is 1. The van der Waals surface area contributed by atoms with Gasteiger partial charge < -0.3 is 14.8 Å². The van der Waals surface area contributed by atoms with Crippen LogP contribution in [0, 0.1) is 0 Å². The predicted molar refractivity (Wildman–Crippen MR) is 104 cm³/mol. The van der Waals surface area contributed by atoms with Gasteiger partial charge >= 0.3 is 5.97 Å². The van der Waals surface area contributed by atoms with E-state index in [0.29, 0.717) is 19.4 Å². The number of benzene rings is 1. The van der Waals surface area contributed by atoms with Crippen LogP contribution in [-0.2, 0) is 9.53 Å². The van der Waals surface area contributed by atoms with E-state index in [4.69, 9.17) is 14.5 Å². The smallest absolute Gasteiger partial charge is 0.305 e. The molecule has 0 spiro atoms. The quantitative estimate of drug-likeness (QED) is 0.543. The van der Waals surface area contributed by atoms with Gasteiger partial charge in [0.1, 0.15) is 11.6 Å². The van der Waals surface area contributed by atoms with E-state index in [0.717, 1.165) is 35.1 Å². The molecule has 1 unspecified atom stereocenters. The Kier molecular flexibility index (Phi) is 6.06. The minimum Gasteiger partial charge on any atom is -0.494 e. The van der Waals surface area contributed by atoms with E-state index < -0.39 is 0 Å². The second kappa shape index (κ2) is 8.66. The molecular weight excluding hydrogens is 342 g/mol. The van der Waals surface area contributed by atoms with Gasteiger partial charge in [0, 0.05) is 24.4 Å². The number of hydrogen-bond acceptors (Lipinski definition) is 6. The number of nitrogens with zero attached hydrogens (tertiary/aromatic N) is 2. The molecule has 3 rings (SSSR count). The van der Waals surface area contributed by atoms with Crippen molar-refractivity contribution in [1.82, 2.24) is 4.98 Å². The van der Waals surface area contributed by atoms with E-state index in [-0.39, 0.29) is 11.5 Å². The van der Waals surface area contributed by atoms with Crippen molar-refractivity contribution in [3.05, 3.63) is 53.2 Å². The van der Waals surface area contributed by atoms with Crippen molar-refractivity contribution >= 4 is 17.9 Å². The standard InChI is InChI=1S/C21H25N3O3/c1-21(10-9-20(25)26-2)15-16-14-17(7-8-18(16)24-21)27-13-5-12-23-19-6-3-4-11-22-19/h3-4,6-8,11,14-15H,5,9-10,12-13H2,1-2H3,(H,22,23). The molecule has 142 valence electrons. The molecule has 2 heterocycles. The third-order valence-corrected chi connectivity index (χ3v) is 4.47. The Labute approximate surface area is 158 Å². The number of methoxy groups -OCH3 is 1. The number of hydrogen-bond donors (Lipinski definition) is 1. The lowest BCUT2D eigenvalue weighted by atomic mass is 9.97. The molecule has 0 radical (unpaired) electrons. The summed E-state index contributed by atoms with van der Waals surface area (Å²) in [5.41, 5.74) is -0.373. The largest absolute Gasteiger partial charge is 0.494 e. The van der Waals surface area contributed by atoms with Crippen molar-refractivity contribution in [3.8, 4) is 5.75 Å². The molecule has 0 amide bonds. The minimum absolute atomic E-state index is 0.209. The lowest BCUT2D eigenvalue weighted by Gasteiger charge is -2.17. The summed E-state index contributed by atoms with van der Waals surface area (Å²) in [4.78, 5) is 20.4. The summed E-state index contributed by atoms with van der Waals surface area (Å²) < 4.78 is 10.6. The fourth-order valence-electron chi connectivity index (χ4n) is 3.01. The molecule has 0 saturated carbocycles. The molecule has 1 atom stereocenters. The Bertz CT molecular complexity index is 899. The molecule has 27 heavy (non-hydrogen) atoms. The van der Waals surface area contributed by atoms with Gasteiger partial charge in [0.25, 0.3) is 0 Å². The zero-order valence-electron chi connectivity index (χ0n) is 15.8. The summed E-state index contributed by atoms with van der Waals surface area (Å²) in [5.74, 6) is 1.49. The zero-order chi connectivity index (χ0) is 19.1. The first-order chi connectivity index (χ1) is 13.1. The zero-order valence-corrected chi connectivity index (χ0v) is 15.8. The number of carbonyl (C=O) groups is 1. The van der Waals surface area contributed by atoms with Crippen LogP contribution in [0.1, 0.15) is 26.2 Å². The van der Waals surface area contributed by atoms with E-state index in [1.807, 2.05) is 43.3 Å². The van der Waals surface area contributed by atoms with Gasteiger partial charge in [0.15, 0.2) is 0 Å². The number of rotatable bonds is 9. The minimum atomic E-state index is -0.373. The molecule has 0 bridgehead atoms. The Hall–Kier alpha value is -2.89. The van der Waals surface area contributed by atoms with Crippen LogP contribution in [0.3, 0.4) is 0 Å². The van der Waals surface area contributed by atoms with Gasteiger partial charge in [-0.15, -0.1) is 0 Å². The monoisotopic (exact) mass is 367 g/mol. The molecule has 0 fully saturated rings. The molecule has 1 aromatic heterocycles. The van der Waals surface area contributed by atoms with Crippen LogP contribution in [-0.4, -0.2) is 36.8 Å². The fourth-order valence-corrected chi connectivity index (χ4v) is 3.01. The number of aromatic nitrogens is 1. The normalized spacial score (nSPS) is 17.4.